The molecule has 1 atom stereocenters. The molecule has 3 N–H and O–H groups in total. The standard InChI is InChI=1S/C17H17ClN4O3S/c18-11-3-1-10(2-4-11)8-19-15(24)7-12-9-26-17(20-12)22-16(25)13-5-6-14(23)21-13/h1-4,9,13H,5-8H2,(H,19,24)(H,21,23)(H,20,22,25)/t13-/m1/s1. The van der Waals surface area contributed by atoms with Crippen molar-refractivity contribution in [1.29, 1.82) is 0 Å². The second kappa shape index (κ2) is 8.29. The highest BCUT2D eigenvalue weighted by molar-refractivity contribution is 7.13. The van der Waals surface area contributed by atoms with E-state index in [9.17, 15) is 14.4 Å². The number of halogens is 1. The number of thiazole rings is 1. The van der Waals surface area contributed by atoms with Crippen molar-refractivity contribution >= 4 is 45.8 Å². The molecule has 0 saturated carbocycles. The average Bonchev–Trinajstić information content (AvgIpc) is 3.23. The molecule has 2 aromatic rings. The van der Waals surface area contributed by atoms with Gasteiger partial charge in [0.05, 0.1) is 12.1 Å². The van der Waals surface area contributed by atoms with E-state index in [0.717, 1.165) is 5.56 Å². The van der Waals surface area contributed by atoms with Crippen molar-refractivity contribution < 1.29 is 14.4 Å². The van der Waals surface area contributed by atoms with Gasteiger partial charge < -0.3 is 16.0 Å². The largest absolute Gasteiger partial charge is 0.352 e. The van der Waals surface area contributed by atoms with E-state index >= 15 is 0 Å². The first-order valence-electron chi connectivity index (χ1n) is 8.05. The molecule has 3 amide bonds. The molecular formula is C17H17ClN4O3S. The second-order valence-corrected chi connectivity index (χ2v) is 7.17. The van der Waals surface area contributed by atoms with Gasteiger partial charge >= 0.3 is 0 Å². The number of hydrogen-bond donors (Lipinski definition) is 3. The zero-order valence-corrected chi connectivity index (χ0v) is 15.3. The molecule has 1 saturated heterocycles. The summed E-state index contributed by atoms with van der Waals surface area (Å²) in [5.41, 5.74) is 1.53. The fourth-order valence-corrected chi connectivity index (χ4v) is 3.32. The van der Waals surface area contributed by atoms with Crippen LogP contribution in [0, 0.1) is 0 Å². The molecule has 0 radical (unpaired) electrons. The summed E-state index contributed by atoms with van der Waals surface area (Å²) in [7, 11) is 0. The SMILES string of the molecule is O=C(Cc1csc(NC(=O)[C@H]2CCC(=O)N2)n1)NCc1ccc(Cl)cc1. The van der Waals surface area contributed by atoms with E-state index < -0.39 is 6.04 Å². The first kappa shape index (κ1) is 18.3. The summed E-state index contributed by atoms with van der Waals surface area (Å²) in [6.45, 7) is 0.408. The summed E-state index contributed by atoms with van der Waals surface area (Å²) >= 11 is 7.07. The van der Waals surface area contributed by atoms with Crippen LogP contribution >= 0.6 is 22.9 Å². The number of carbonyl (C=O) groups excluding carboxylic acids is 3. The predicted octanol–water partition coefficient (Wildman–Crippen LogP) is 1.87. The number of anilines is 1. The van der Waals surface area contributed by atoms with Crippen LogP contribution in [0.2, 0.25) is 5.02 Å². The third kappa shape index (κ3) is 5.03. The topological polar surface area (TPSA) is 100 Å². The van der Waals surface area contributed by atoms with Crippen LogP contribution < -0.4 is 16.0 Å². The summed E-state index contributed by atoms with van der Waals surface area (Å²) < 4.78 is 0. The van der Waals surface area contributed by atoms with Crippen LogP contribution in [-0.2, 0) is 27.3 Å². The predicted molar refractivity (Wildman–Crippen MR) is 98.9 cm³/mol. The fraction of sp³-hybridized carbons (Fsp3) is 0.294. The Balaban J connectivity index is 1.46. The average molecular weight is 393 g/mol. The lowest BCUT2D eigenvalue weighted by Gasteiger charge is -2.08. The van der Waals surface area contributed by atoms with Gasteiger partial charge in [-0.3, -0.25) is 14.4 Å². The molecule has 0 bridgehead atoms. The Morgan fingerprint density at radius 3 is 2.77 bits per heavy atom. The van der Waals surface area contributed by atoms with E-state index in [0.29, 0.717) is 35.2 Å². The number of aromatic nitrogens is 1. The molecule has 1 fully saturated rings. The number of hydrogen-bond acceptors (Lipinski definition) is 5. The van der Waals surface area contributed by atoms with E-state index in [1.807, 2.05) is 12.1 Å². The maximum Gasteiger partial charge on any atom is 0.248 e. The lowest BCUT2D eigenvalue weighted by atomic mass is 10.2. The molecule has 0 spiro atoms. The Hall–Kier alpha value is -2.45. The van der Waals surface area contributed by atoms with Crippen LogP contribution in [-0.4, -0.2) is 28.7 Å². The number of rotatable bonds is 6. The summed E-state index contributed by atoms with van der Waals surface area (Å²) in [6, 6.07) is 6.72. The third-order valence-corrected chi connectivity index (χ3v) is 4.90. The lowest BCUT2D eigenvalue weighted by Crippen LogP contribution is -2.37. The summed E-state index contributed by atoms with van der Waals surface area (Å²) in [6.07, 6.45) is 0.963. The van der Waals surface area contributed by atoms with Crippen LogP contribution in [0.3, 0.4) is 0 Å². The Bertz CT molecular complexity index is 822. The van der Waals surface area contributed by atoms with Crippen molar-refractivity contribution in [3.8, 4) is 0 Å². The Morgan fingerprint density at radius 2 is 2.08 bits per heavy atom. The molecule has 1 aromatic carbocycles. The van der Waals surface area contributed by atoms with E-state index in [2.05, 4.69) is 20.9 Å². The van der Waals surface area contributed by atoms with Crippen molar-refractivity contribution in [2.75, 3.05) is 5.32 Å². The van der Waals surface area contributed by atoms with Crippen LogP contribution in [0.15, 0.2) is 29.6 Å². The maximum absolute atomic E-state index is 12.0. The number of nitrogens with one attached hydrogen (secondary N) is 3. The highest BCUT2D eigenvalue weighted by atomic mass is 35.5. The molecule has 26 heavy (non-hydrogen) atoms. The lowest BCUT2D eigenvalue weighted by molar-refractivity contribution is -0.122. The third-order valence-electron chi connectivity index (χ3n) is 3.84. The Labute approximate surface area is 159 Å². The summed E-state index contributed by atoms with van der Waals surface area (Å²) in [4.78, 5) is 39.5. The van der Waals surface area contributed by atoms with Gasteiger partial charge in [0.1, 0.15) is 6.04 Å². The molecule has 9 heteroatoms. The molecule has 1 aliphatic rings. The molecular weight excluding hydrogens is 376 g/mol. The molecule has 7 nitrogen and oxygen atoms in total. The summed E-state index contributed by atoms with van der Waals surface area (Å²) in [5.74, 6) is -0.572. The maximum atomic E-state index is 12.0. The van der Waals surface area contributed by atoms with Crippen molar-refractivity contribution in [2.45, 2.75) is 31.8 Å². The quantitative estimate of drug-likeness (QED) is 0.698. The van der Waals surface area contributed by atoms with Gasteiger partial charge in [0.25, 0.3) is 0 Å². The van der Waals surface area contributed by atoms with E-state index in [4.69, 9.17) is 11.6 Å². The Kier molecular flexibility index (Phi) is 5.85. The van der Waals surface area contributed by atoms with Crippen LogP contribution in [0.5, 0.6) is 0 Å². The normalized spacial score (nSPS) is 16.2. The number of nitrogens with zero attached hydrogens (tertiary/aromatic N) is 1. The molecule has 0 aliphatic carbocycles. The first-order chi connectivity index (χ1) is 12.5. The van der Waals surface area contributed by atoms with E-state index in [1.165, 1.54) is 11.3 Å². The Morgan fingerprint density at radius 1 is 1.31 bits per heavy atom. The van der Waals surface area contributed by atoms with Crippen molar-refractivity contribution in [2.24, 2.45) is 0 Å². The molecule has 3 rings (SSSR count). The van der Waals surface area contributed by atoms with Gasteiger partial charge in [-0.15, -0.1) is 11.3 Å². The van der Waals surface area contributed by atoms with Gasteiger partial charge in [0.15, 0.2) is 5.13 Å². The van der Waals surface area contributed by atoms with Gasteiger partial charge in [-0.2, -0.15) is 0 Å². The highest BCUT2D eigenvalue weighted by Crippen LogP contribution is 2.17. The molecule has 0 unspecified atom stereocenters. The van der Waals surface area contributed by atoms with Crippen LogP contribution in [0.25, 0.3) is 0 Å². The van der Waals surface area contributed by atoms with Crippen molar-refractivity contribution in [3.05, 3.63) is 45.9 Å². The molecule has 136 valence electrons. The highest BCUT2D eigenvalue weighted by Gasteiger charge is 2.27. The van der Waals surface area contributed by atoms with Gasteiger partial charge in [-0.05, 0) is 24.1 Å². The number of benzene rings is 1. The van der Waals surface area contributed by atoms with Gasteiger partial charge in [0.2, 0.25) is 17.7 Å². The minimum Gasteiger partial charge on any atom is -0.352 e. The molecule has 1 aromatic heterocycles. The van der Waals surface area contributed by atoms with E-state index in [-0.39, 0.29) is 24.1 Å². The fourth-order valence-electron chi connectivity index (χ4n) is 2.48. The van der Waals surface area contributed by atoms with E-state index in [1.54, 1.807) is 17.5 Å². The second-order valence-electron chi connectivity index (χ2n) is 5.87. The summed E-state index contributed by atoms with van der Waals surface area (Å²) in [5, 5.41) is 10.9. The zero-order valence-electron chi connectivity index (χ0n) is 13.8. The van der Waals surface area contributed by atoms with Gasteiger partial charge in [0, 0.05) is 23.4 Å². The minimum atomic E-state index is -0.516. The number of carbonyl (C=O) groups is 3. The monoisotopic (exact) mass is 392 g/mol. The minimum absolute atomic E-state index is 0.123. The van der Waals surface area contributed by atoms with Gasteiger partial charge in [-0.25, -0.2) is 4.98 Å². The molecule has 2 heterocycles. The number of amides is 3. The van der Waals surface area contributed by atoms with Crippen LogP contribution in [0.1, 0.15) is 24.1 Å². The zero-order chi connectivity index (χ0) is 18.5. The van der Waals surface area contributed by atoms with Gasteiger partial charge in [-0.1, -0.05) is 23.7 Å². The smallest absolute Gasteiger partial charge is 0.248 e. The molecule has 1 aliphatic heterocycles. The van der Waals surface area contributed by atoms with Crippen molar-refractivity contribution in [3.63, 3.8) is 0 Å². The first-order valence-corrected chi connectivity index (χ1v) is 9.31. The van der Waals surface area contributed by atoms with Crippen molar-refractivity contribution in [1.82, 2.24) is 15.6 Å². The van der Waals surface area contributed by atoms with Crippen LogP contribution in [0.4, 0.5) is 5.13 Å².